The maximum Gasteiger partial charge on any atom is 0.258 e. The molecule has 17 heavy (non-hydrogen) atoms. The summed E-state index contributed by atoms with van der Waals surface area (Å²) in [6.45, 7) is 2.95. The summed E-state index contributed by atoms with van der Waals surface area (Å²) in [5, 5.41) is 3.11. The normalized spacial score (nSPS) is 9.94. The molecule has 2 aromatic heterocycles. The zero-order chi connectivity index (χ0) is 12.1. The molecule has 2 heterocycles. The second-order valence-electron chi connectivity index (χ2n) is 3.54. The van der Waals surface area contributed by atoms with Gasteiger partial charge in [0.2, 0.25) is 0 Å². The molecule has 0 saturated carbocycles. The molecule has 0 fully saturated rings. The third-order valence-electron chi connectivity index (χ3n) is 2.32. The van der Waals surface area contributed by atoms with Gasteiger partial charge >= 0.3 is 0 Å². The molecule has 0 atom stereocenters. The summed E-state index contributed by atoms with van der Waals surface area (Å²) in [6, 6.07) is 7.03. The van der Waals surface area contributed by atoms with E-state index in [9.17, 15) is 4.79 Å². The van der Waals surface area contributed by atoms with Crippen molar-refractivity contribution in [1.29, 1.82) is 0 Å². The van der Waals surface area contributed by atoms with E-state index in [0.29, 0.717) is 18.7 Å². The predicted octanol–water partition coefficient (Wildman–Crippen LogP) is 0.807. The molecule has 0 aliphatic heterocycles. The molecule has 0 unspecified atom stereocenters. The van der Waals surface area contributed by atoms with Gasteiger partial charge in [0.1, 0.15) is 5.65 Å². The minimum absolute atomic E-state index is 0.0611. The first kappa shape index (κ1) is 11.4. The Bertz CT molecular complexity index is 634. The number of nitrogens with one attached hydrogen (secondary N) is 1. The number of hydrogen-bond donors (Lipinski definition) is 1. The number of pyridine rings is 1. The predicted molar refractivity (Wildman–Crippen MR) is 66.6 cm³/mol. The SMILES string of the molecule is CC#CCNCc1cc(=O)n2ccccc2n1. The molecule has 4 heteroatoms. The Morgan fingerprint density at radius 3 is 3.18 bits per heavy atom. The second kappa shape index (κ2) is 5.28. The van der Waals surface area contributed by atoms with Gasteiger partial charge in [0.25, 0.3) is 5.56 Å². The first-order chi connectivity index (χ1) is 8.31. The van der Waals surface area contributed by atoms with Gasteiger partial charge in [-0.2, -0.15) is 0 Å². The highest BCUT2D eigenvalue weighted by Crippen LogP contribution is 1.97. The van der Waals surface area contributed by atoms with Gasteiger partial charge in [0.15, 0.2) is 0 Å². The molecule has 0 aromatic carbocycles. The zero-order valence-corrected chi connectivity index (χ0v) is 9.60. The first-order valence-electron chi connectivity index (χ1n) is 5.39. The van der Waals surface area contributed by atoms with E-state index in [-0.39, 0.29) is 5.56 Å². The lowest BCUT2D eigenvalue weighted by atomic mass is 10.3. The molecule has 0 amide bonds. The minimum Gasteiger partial charge on any atom is -0.301 e. The smallest absolute Gasteiger partial charge is 0.258 e. The minimum atomic E-state index is -0.0611. The van der Waals surface area contributed by atoms with Crippen LogP contribution in [-0.2, 0) is 6.54 Å². The number of fused-ring (bicyclic) bond motifs is 1. The van der Waals surface area contributed by atoms with Gasteiger partial charge in [0.05, 0.1) is 12.2 Å². The third-order valence-corrected chi connectivity index (χ3v) is 2.32. The summed E-state index contributed by atoms with van der Waals surface area (Å²) < 4.78 is 1.52. The molecule has 2 aromatic rings. The zero-order valence-electron chi connectivity index (χ0n) is 9.60. The van der Waals surface area contributed by atoms with Crippen molar-refractivity contribution in [2.75, 3.05) is 6.54 Å². The molecule has 86 valence electrons. The van der Waals surface area contributed by atoms with Crippen molar-refractivity contribution in [1.82, 2.24) is 14.7 Å². The lowest BCUT2D eigenvalue weighted by Gasteiger charge is -2.03. The second-order valence-corrected chi connectivity index (χ2v) is 3.54. The number of aromatic nitrogens is 2. The average Bonchev–Trinajstić information content (AvgIpc) is 2.35. The molecule has 0 aliphatic carbocycles. The largest absolute Gasteiger partial charge is 0.301 e. The van der Waals surface area contributed by atoms with Crippen molar-refractivity contribution in [2.24, 2.45) is 0 Å². The van der Waals surface area contributed by atoms with E-state index in [4.69, 9.17) is 0 Å². The molecule has 4 nitrogen and oxygen atoms in total. The lowest BCUT2D eigenvalue weighted by molar-refractivity contribution is 0.745. The van der Waals surface area contributed by atoms with Crippen LogP contribution in [0.2, 0.25) is 0 Å². The van der Waals surface area contributed by atoms with Crippen LogP contribution in [0.1, 0.15) is 12.6 Å². The van der Waals surface area contributed by atoms with Crippen LogP contribution in [0.5, 0.6) is 0 Å². The maximum atomic E-state index is 11.8. The molecule has 0 spiro atoms. The van der Waals surface area contributed by atoms with Crippen molar-refractivity contribution >= 4 is 5.65 Å². The van der Waals surface area contributed by atoms with Crippen LogP contribution in [0, 0.1) is 11.8 Å². The summed E-state index contributed by atoms with van der Waals surface area (Å²) in [5.41, 5.74) is 1.34. The number of hydrogen-bond acceptors (Lipinski definition) is 3. The van der Waals surface area contributed by atoms with Crippen LogP contribution in [-0.4, -0.2) is 15.9 Å². The van der Waals surface area contributed by atoms with Crippen LogP contribution in [0.3, 0.4) is 0 Å². The van der Waals surface area contributed by atoms with Crippen molar-refractivity contribution in [3.8, 4) is 11.8 Å². The highest BCUT2D eigenvalue weighted by molar-refractivity contribution is 5.37. The molecule has 0 saturated heterocycles. The standard InChI is InChI=1S/C13H13N3O/c1-2-3-7-14-10-11-9-13(17)16-8-5-4-6-12(16)15-11/h4-6,8-9,14H,7,10H2,1H3. The van der Waals surface area contributed by atoms with Gasteiger partial charge in [-0.25, -0.2) is 4.98 Å². The summed E-state index contributed by atoms with van der Waals surface area (Å²) in [4.78, 5) is 16.1. The maximum absolute atomic E-state index is 11.8. The molecule has 0 bridgehead atoms. The monoisotopic (exact) mass is 227 g/mol. The van der Waals surface area contributed by atoms with Gasteiger partial charge in [-0.1, -0.05) is 12.0 Å². The fraction of sp³-hybridized carbons (Fsp3) is 0.231. The fourth-order valence-electron chi connectivity index (χ4n) is 1.54. The molecular weight excluding hydrogens is 214 g/mol. The van der Waals surface area contributed by atoms with E-state index in [0.717, 1.165) is 5.69 Å². The fourth-order valence-corrected chi connectivity index (χ4v) is 1.54. The van der Waals surface area contributed by atoms with Crippen LogP contribution >= 0.6 is 0 Å². The van der Waals surface area contributed by atoms with E-state index in [1.165, 1.54) is 4.40 Å². The molecule has 2 rings (SSSR count). The molecule has 0 aliphatic rings. The van der Waals surface area contributed by atoms with Crippen LogP contribution in [0.4, 0.5) is 0 Å². The summed E-state index contributed by atoms with van der Waals surface area (Å²) >= 11 is 0. The summed E-state index contributed by atoms with van der Waals surface area (Å²) in [5.74, 6) is 5.69. The van der Waals surface area contributed by atoms with E-state index >= 15 is 0 Å². The Morgan fingerprint density at radius 1 is 1.47 bits per heavy atom. The first-order valence-corrected chi connectivity index (χ1v) is 5.39. The van der Waals surface area contributed by atoms with Crippen molar-refractivity contribution in [3.05, 3.63) is 46.5 Å². The summed E-state index contributed by atoms with van der Waals surface area (Å²) in [6.07, 6.45) is 1.71. The van der Waals surface area contributed by atoms with Gasteiger partial charge in [-0.3, -0.25) is 9.20 Å². The Labute approximate surface area is 99.3 Å². The lowest BCUT2D eigenvalue weighted by Crippen LogP contribution is -2.20. The quantitative estimate of drug-likeness (QED) is 0.623. The van der Waals surface area contributed by atoms with E-state index < -0.39 is 0 Å². The van der Waals surface area contributed by atoms with E-state index in [2.05, 4.69) is 22.1 Å². The summed E-state index contributed by atoms with van der Waals surface area (Å²) in [7, 11) is 0. The van der Waals surface area contributed by atoms with Crippen LogP contribution in [0.25, 0.3) is 5.65 Å². The Kier molecular flexibility index (Phi) is 3.53. The Balaban J connectivity index is 2.23. The van der Waals surface area contributed by atoms with Crippen LogP contribution in [0.15, 0.2) is 35.3 Å². The van der Waals surface area contributed by atoms with Gasteiger partial charge in [0, 0.05) is 18.8 Å². The van der Waals surface area contributed by atoms with E-state index in [1.807, 2.05) is 18.2 Å². The number of nitrogens with zero attached hydrogens (tertiary/aromatic N) is 2. The van der Waals surface area contributed by atoms with Crippen LogP contribution < -0.4 is 10.9 Å². The van der Waals surface area contributed by atoms with Gasteiger partial charge < -0.3 is 5.32 Å². The highest BCUT2D eigenvalue weighted by Gasteiger charge is 2.00. The van der Waals surface area contributed by atoms with Gasteiger partial charge in [-0.05, 0) is 19.1 Å². The molecular formula is C13H13N3O. The van der Waals surface area contributed by atoms with Crippen molar-refractivity contribution < 1.29 is 0 Å². The van der Waals surface area contributed by atoms with Crippen molar-refractivity contribution in [2.45, 2.75) is 13.5 Å². The van der Waals surface area contributed by atoms with E-state index in [1.54, 1.807) is 19.2 Å². The van der Waals surface area contributed by atoms with Gasteiger partial charge in [-0.15, -0.1) is 5.92 Å². The Hall–Kier alpha value is -2.12. The topological polar surface area (TPSA) is 46.4 Å². The molecule has 0 radical (unpaired) electrons. The Morgan fingerprint density at radius 2 is 2.35 bits per heavy atom. The average molecular weight is 227 g/mol. The molecule has 1 N–H and O–H groups in total. The van der Waals surface area contributed by atoms with Crippen molar-refractivity contribution in [3.63, 3.8) is 0 Å². The third kappa shape index (κ3) is 2.71. The number of rotatable bonds is 3. The highest BCUT2D eigenvalue weighted by atomic mass is 16.1.